The second kappa shape index (κ2) is 15.9. The van der Waals surface area contributed by atoms with E-state index in [1.54, 1.807) is 0 Å². The molecule has 0 aromatic rings. The molecule has 0 aromatic heterocycles. The number of hydrogen-bond donors (Lipinski definition) is 0. The van der Waals surface area contributed by atoms with Crippen molar-refractivity contribution >= 4 is 6.29 Å². The molecule has 0 aromatic carbocycles. The molecule has 0 unspecified atom stereocenters. The number of hydrogen-bond acceptors (Lipinski definition) is 1. The molecule has 1 nitrogen and oxygen atoms in total. The van der Waals surface area contributed by atoms with E-state index in [1.165, 1.54) is 6.92 Å². The lowest BCUT2D eigenvalue weighted by Crippen LogP contribution is -1.66. The predicted molar refractivity (Wildman–Crippen MR) is 39.0 cm³/mol. The summed E-state index contributed by atoms with van der Waals surface area (Å²) in [5.74, 6) is 0.833. The highest BCUT2D eigenvalue weighted by Crippen LogP contribution is 1.81. The smallest absolute Gasteiger partial charge is 0.116 e. The molecule has 0 saturated carbocycles. The van der Waals surface area contributed by atoms with E-state index >= 15 is 0 Å². The minimum absolute atomic E-state index is 0. The molecule has 0 saturated heterocycles. The number of rotatable bonds is 0. The van der Waals surface area contributed by atoms with Crippen molar-refractivity contribution in [3.63, 3.8) is 0 Å². The van der Waals surface area contributed by atoms with Crippen LogP contribution in [0.4, 0.5) is 0 Å². The Morgan fingerprint density at radius 3 is 1.25 bits per heavy atom. The van der Waals surface area contributed by atoms with Crippen molar-refractivity contribution in [1.29, 1.82) is 0 Å². The van der Waals surface area contributed by atoms with Crippen LogP contribution >= 0.6 is 0 Å². The minimum atomic E-state index is 0. The van der Waals surface area contributed by atoms with Gasteiger partial charge in [0.1, 0.15) is 6.29 Å². The van der Waals surface area contributed by atoms with Gasteiger partial charge in [-0.15, -0.1) is 0 Å². The topological polar surface area (TPSA) is 17.1 Å². The van der Waals surface area contributed by atoms with Gasteiger partial charge in [-0.1, -0.05) is 28.2 Å². The summed E-state index contributed by atoms with van der Waals surface area (Å²) in [6, 6.07) is 0. The summed E-state index contributed by atoms with van der Waals surface area (Å²) in [5.41, 5.74) is 0. The van der Waals surface area contributed by atoms with Gasteiger partial charge in [0, 0.05) is 0 Å². The van der Waals surface area contributed by atoms with Crippen molar-refractivity contribution in [1.82, 2.24) is 0 Å². The molecule has 0 aliphatic heterocycles. The first-order valence-electron chi connectivity index (χ1n) is 2.55. The molecule has 0 spiro atoms. The van der Waals surface area contributed by atoms with E-state index in [9.17, 15) is 0 Å². The van der Waals surface area contributed by atoms with Crippen LogP contribution in [0.2, 0.25) is 0 Å². The lowest BCUT2D eigenvalue weighted by molar-refractivity contribution is -0.106. The second-order valence-electron chi connectivity index (χ2n) is 1.97. The molecule has 0 radical (unpaired) electrons. The molecule has 52 valence electrons. The van der Waals surface area contributed by atoms with Crippen molar-refractivity contribution in [2.24, 2.45) is 5.92 Å². The molecule has 0 N–H and O–H groups in total. The summed E-state index contributed by atoms with van der Waals surface area (Å²) in [6.07, 6.45) is 0.750. The average Bonchev–Trinajstić information content (AvgIpc) is 1.33. The third-order valence-corrected chi connectivity index (χ3v) is 0. The highest BCUT2D eigenvalue weighted by atomic mass is 16.1. The number of carbonyl (C=O) groups is 1. The third kappa shape index (κ3) is 1140. The first-order valence-corrected chi connectivity index (χ1v) is 2.55. The molecular formula is C7H18O. The molecule has 0 aliphatic carbocycles. The van der Waals surface area contributed by atoms with Gasteiger partial charge in [-0.05, 0) is 12.8 Å². The second-order valence-corrected chi connectivity index (χ2v) is 1.97. The maximum atomic E-state index is 8.81. The van der Waals surface area contributed by atoms with Gasteiger partial charge in [0.15, 0.2) is 0 Å². The summed E-state index contributed by atoms with van der Waals surface area (Å²) in [6.45, 7) is 7.94. The van der Waals surface area contributed by atoms with Gasteiger partial charge in [-0.25, -0.2) is 0 Å². The Labute approximate surface area is 53.1 Å². The maximum Gasteiger partial charge on any atom is 0.116 e. The maximum absolute atomic E-state index is 8.81. The van der Waals surface area contributed by atoms with Crippen molar-refractivity contribution in [2.75, 3.05) is 0 Å². The van der Waals surface area contributed by atoms with Crippen LogP contribution in [-0.4, -0.2) is 6.29 Å². The van der Waals surface area contributed by atoms with Gasteiger partial charge < -0.3 is 4.79 Å². The van der Waals surface area contributed by atoms with Crippen molar-refractivity contribution in [3.8, 4) is 0 Å². The molecule has 0 atom stereocenters. The molecule has 0 bridgehead atoms. The molecule has 0 rings (SSSR count). The Kier molecular flexibility index (Phi) is 31.1. The minimum Gasteiger partial charge on any atom is -0.304 e. The fraction of sp³-hybridized carbons (Fsp3) is 0.857. The highest BCUT2D eigenvalue weighted by molar-refractivity contribution is 5.44. The van der Waals surface area contributed by atoms with Crippen molar-refractivity contribution in [2.45, 2.75) is 35.1 Å². The van der Waals surface area contributed by atoms with E-state index in [-0.39, 0.29) is 7.43 Å². The fourth-order valence-corrected chi connectivity index (χ4v) is 0. The summed E-state index contributed by atoms with van der Waals surface area (Å²) in [4.78, 5) is 8.81. The Morgan fingerprint density at radius 1 is 1.25 bits per heavy atom. The predicted octanol–water partition coefficient (Wildman–Crippen LogP) is 2.50. The molecular weight excluding hydrogens is 100 g/mol. The highest BCUT2D eigenvalue weighted by Gasteiger charge is 1.68. The molecule has 0 fully saturated rings. The zero-order valence-corrected chi connectivity index (χ0v) is 5.56. The Balaban J connectivity index is -0.0000000575. The van der Waals surface area contributed by atoms with E-state index in [1.807, 2.05) is 0 Å². The lowest BCUT2D eigenvalue weighted by atomic mass is 10.3. The van der Waals surface area contributed by atoms with Crippen LogP contribution in [0.15, 0.2) is 0 Å². The summed E-state index contributed by atoms with van der Waals surface area (Å²) in [5, 5.41) is 0. The third-order valence-electron chi connectivity index (χ3n) is 0. The number of carbonyl (C=O) groups excluding carboxylic acids is 1. The SMILES string of the molecule is C.CC(C)C.CC=O. The van der Waals surface area contributed by atoms with Crippen LogP contribution in [0.5, 0.6) is 0 Å². The van der Waals surface area contributed by atoms with E-state index < -0.39 is 0 Å². The van der Waals surface area contributed by atoms with Crippen molar-refractivity contribution in [3.05, 3.63) is 0 Å². The quantitative estimate of drug-likeness (QED) is 0.447. The lowest BCUT2D eigenvalue weighted by Gasteiger charge is -1.79. The standard InChI is InChI=1S/C4H10.C2H4O.CH4/c1-4(2)3;1-2-3;/h4H,1-3H3;2H,1H3;1H4. The fourth-order valence-electron chi connectivity index (χ4n) is 0. The van der Waals surface area contributed by atoms with E-state index in [0.29, 0.717) is 0 Å². The van der Waals surface area contributed by atoms with Gasteiger partial charge in [-0.2, -0.15) is 0 Å². The molecule has 1 heteroatoms. The summed E-state index contributed by atoms with van der Waals surface area (Å²) in [7, 11) is 0. The number of aldehydes is 1. The summed E-state index contributed by atoms with van der Waals surface area (Å²) < 4.78 is 0. The van der Waals surface area contributed by atoms with Crippen LogP contribution in [0.1, 0.15) is 35.1 Å². The normalized spacial score (nSPS) is 6.12. The zero-order chi connectivity index (χ0) is 6.28. The first kappa shape index (κ1) is 15.6. The van der Waals surface area contributed by atoms with Crippen molar-refractivity contribution < 1.29 is 4.79 Å². The van der Waals surface area contributed by atoms with Gasteiger partial charge in [0.05, 0.1) is 0 Å². The monoisotopic (exact) mass is 118 g/mol. The molecule has 8 heavy (non-hydrogen) atoms. The van der Waals surface area contributed by atoms with Gasteiger partial charge >= 0.3 is 0 Å². The molecule has 0 aliphatic rings. The van der Waals surface area contributed by atoms with E-state index in [2.05, 4.69) is 20.8 Å². The Bertz CT molecular complexity index is 28.6. The molecule has 0 amide bonds. The Hall–Kier alpha value is -0.330. The van der Waals surface area contributed by atoms with Crippen LogP contribution in [0.25, 0.3) is 0 Å². The van der Waals surface area contributed by atoms with Crippen LogP contribution in [0, 0.1) is 5.92 Å². The van der Waals surface area contributed by atoms with Gasteiger partial charge in [-0.3, -0.25) is 0 Å². The van der Waals surface area contributed by atoms with E-state index in [0.717, 1.165) is 12.2 Å². The van der Waals surface area contributed by atoms with Gasteiger partial charge in [0.2, 0.25) is 0 Å². The van der Waals surface area contributed by atoms with Crippen LogP contribution in [0.3, 0.4) is 0 Å². The van der Waals surface area contributed by atoms with Crippen LogP contribution in [-0.2, 0) is 4.79 Å². The molecule has 0 heterocycles. The van der Waals surface area contributed by atoms with Gasteiger partial charge in [0.25, 0.3) is 0 Å². The van der Waals surface area contributed by atoms with E-state index in [4.69, 9.17) is 4.79 Å². The first-order chi connectivity index (χ1) is 3.15. The zero-order valence-electron chi connectivity index (χ0n) is 5.56. The van der Waals surface area contributed by atoms with Crippen LogP contribution < -0.4 is 0 Å². The summed E-state index contributed by atoms with van der Waals surface area (Å²) >= 11 is 0. The Morgan fingerprint density at radius 2 is 1.25 bits per heavy atom. The average molecular weight is 118 g/mol. The largest absolute Gasteiger partial charge is 0.304 e.